The van der Waals surface area contributed by atoms with E-state index in [1.165, 1.54) is 12.1 Å². The number of nitrogens with zero attached hydrogens (tertiary/aromatic N) is 3. The normalized spacial score (nSPS) is 17.4. The van der Waals surface area contributed by atoms with Gasteiger partial charge in [0.1, 0.15) is 23.8 Å². The van der Waals surface area contributed by atoms with Crippen LogP contribution in [0.4, 0.5) is 4.39 Å². The molecule has 1 fully saturated rings. The summed E-state index contributed by atoms with van der Waals surface area (Å²) >= 11 is 0. The minimum Gasteiger partial charge on any atom is -0.378 e. The van der Waals surface area contributed by atoms with Crippen molar-refractivity contribution < 1.29 is 9.13 Å². The molecule has 0 saturated carbocycles. The summed E-state index contributed by atoms with van der Waals surface area (Å²) in [7, 11) is 1.66. The van der Waals surface area contributed by atoms with Gasteiger partial charge in [-0.2, -0.15) is 10.5 Å². The minimum atomic E-state index is -0.247. The fraction of sp³-hybridized carbons (Fsp3) is 0.412. The Bertz CT molecular complexity index is 643. The molecule has 1 atom stereocenters. The molecule has 0 amide bonds. The smallest absolute Gasteiger partial charge is 0.169 e. The number of hydrogen-bond acceptors (Lipinski definition) is 6. The van der Waals surface area contributed by atoms with Crippen LogP contribution in [0.15, 0.2) is 35.7 Å². The van der Waals surface area contributed by atoms with E-state index in [1.807, 2.05) is 12.1 Å². The lowest BCUT2D eigenvalue weighted by Gasteiger charge is -2.36. The predicted octanol–water partition coefficient (Wildman–Crippen LogP) is 1.09. The monoisotopic (exact) mass is 329 g/mol. The van der Waals surface area contributed by atoms with Gasteiger partial charge in [-0.05, 0) is 17.7 Å². The number of rotatable bonds is 6. The Morgan fingerprint density at radius 2 is 2.04 bits per heavy atom. The van der Waals surface area contributed by atoms with E-state index in [0.29, 0.717) is 32.1 Å². The van der Waals surface area contributed by atoms with Crippen LogP contribution in [0.5, 0.6) is 0 Å². The number of allylic oxidation sites excluding steroid dienone is 1. The highest BCUT2D eigenvalue weighted by Gasteiger charge is 2.23. The van der Waals surface area contributed by atoms with Crippen LogP contribution in [0, 0.1) is 28.5 Å². The zero-order chi connectivity index (χ0) is 17.4. The van der Waals surface area contributed by atoms with Gasteiger partial charge in [0.2, 0.25) is 0 Å². The molecule has 0 aliphatic carbocycles. The van der Waals surface area contributed by atoms with Gasteiger partial charge in [-0.15, -0.1) is 0 Å². The maximum absolute atomic E-state index is 13.0. The molecular weight excluding hydrogens is 309 g/mol. The topological polar surface area (TPSA) is 84.1 Å². The average molecular weight is 329 g/mol. The Kier molecular flexibility index (Phi) is 6.56. The number of nitriles is 2. The van der Waals surface area contributed by atoms with Crippen LogP contribution < -0.4 is 10.6 Å². The molecule has 0 radical (unpaired) electrons. The summed E-state index contributed by atoms with van der Waals surface area (Å²) < 4.78 is 18.6. The zero-order valence-electron chi connectivity index (χ0n) is 13.6. The first-order valence-electron chi connectivity index (χ1n) is 7.70. The number of ether oxygens (including phenoxy) is 1. The number of halogens is 1. The Hall–Kier alpha value is -2.61. The van der Waals surface area contributed by atoms with Gasteiger partial charge in [0.05, 0.1) is 19.3 Å². The highest BCUT2D eigenvalue weighted by Crippen LogP contribution is 2.13. The van der Waals surface area contributed by atoms with Crippen molar-refractivity contribution in [2.75, 3.05) is 33.4 Å². The molecule has 2 N–H and O–H groups in total. The van der Waals surface area contributed by atoms with Crippen molar-refractivity contribution in [3.05, 3.63) is 47.0 Å². The summed E-state index contributed by atoms with van der Waals surface area (Å²) in [6.07, 6.45) is 0. The Morgan fingerprint density at radius 1 is 1.33 bits per heavy atom. The van der Waals surface area contributed by atoms with Gasteiger partial charge < -0.3 is 15.4 Å². The molecule has 0 aromatic heterocycles. The highest BCUT2D eigenvalue weighted by molar-refractivity contribution is 5.38. The quantitative estimate of drug-likeness (QED) is 0.760. The van der Waals surface area contributed by atoms with E-state index < -0.39 is 0 Å². The summed E-state index contributed by atoms with van der Waals surface area (Å²) in [6.45, 7) is 3.20. The molecule has 1 heterocycles. The van der Waals surface area contributed by atoms with E-state index in [0.717, 1.165) is 12.1 Å². The molecule has 24 heavy (non-hydrogen) atoms. The first-order valence-corrected chi connectivity index (χ1v) is 7.70. The second-order valence-corrected chi connectivity index (χ2v) is 5.43. The molecule has 0 spiro atoms. The molecule has 0 bridgehead atoms. The van der Waals surface area contributed by atoms with Crippen molar-refractivity contribution >= 4 is 0 Å². The van der Waals surface area contributed by atoms with Gasteiger partial charge in [0.15, 0.2) is 5.57 Å². The van der Waals surface area contributed by atoms with Crippen LogP contribution in [-0.2, 0) is 11.3 Å². The van der Waals surface area contributed by atoms with Crippen molar-refractivity contribution in [2.45, 2.75) is 12.6 Å². The highest BCUT2D eigenvalue weighted by atomic mass is 19.1. The molecule has 2 rings (SSSR count). The van der Waals surface area contributed by atoms with Crippen molar-refractivity contribution in [3.63, 3.8) is 0 Å². The number of benzene rings is 1. The molecule has 1 aliphatic rings. The van der Waals surface area contributed by atoms with E-state index in [1.54, 1.807) is 19.2 Å². The third kappa shape index (κ3) is 4.69. The molecule has 1 aromatic rings. The summed E-state index contributed by atoms with van der Waals surface area (Å²) in [6, 6.07) is 10.3. The van der Waals surface area contributed by atoms with Gasteiger partial charge in [-0.1, -0.05) is 12.1 Å². The van der Waals surface area contributed by atoms with Crippen LogP contribution >= 0.6 is 0 Å². The third-order valence-electron chi connectivity index (χ3n) is 3.89. The Labute approximate surface area is 141 Å². The molecule has 7 heteroatoms. The molecule has 1 unspecified atom stereocenters. The maximum atomic E-state index is 13.0. The molecule has 6 nitrogen and oxygen atoms in total. The SMILES string of the molecule is CNC(NCC1COCCN1Cc1ccc(F)cc1)=C(C#N)C#N. The Morgan fingerprint density at radius 3 is 2.67 bits per heavy atom. The molecular formula is C17H20FN5O. The number of morpholine rings is 1. The van der Waals surface area contributed by atoms with E-state index in [9.17, 15) is 4.39 Å². The first kappa shape index (κ1) is 17.7. The summed E-state index contributed by atoms with van der Waals surface area (Å²) in [4.78, 5) is 2.25. The lowest BCUT2D eigenvalue weighted by molar-refractivity contribution is -0.0102. The second-order valence-electron chi connectivity index (χ2n) is 5.43. The van der Waals surface area contributed by atoms with Crippen LogP contribution in [-0.4, -0.2) is 44.3 Å². The lowest BCUT2D eigenvalue weighted by atomic mass is 10.1. The summed E-state index contributed by atoms with van der Waals surface area (Å²) in [5, 5.41) is 23.9. The number of nitrogens with one attached hydrogen (secondary N) is 2. The third-order valence-corrected chi connectivity index (χ3v) is 3.89. The van der Waals surface area contributed by atoms with E-state index >= 15 is 0 Å². The van der Waals surface area contributed by atoms with Gasteiger partial charge in [-0.3, -0.25) is 4.90 Å². The maximum Gasteiger partial charge on any atom is 0.169 e. The van der Waals surface area contributed by atoms with Gasteiger partial charge >= 0.3 is 0 Å². The fourth-order valence-corrected chi connectivity index (χ4v) is 2.57. The van der Waals surface area contributed by atoms with Crippen LogP contribution in [0.1, 0.15) is 5.56 Å². The van der Waals surface area contributed by atoms with Crippen molar-refractivity contribution in [3.8, 4) is 12.1 Å². The first-order chi connectivity index (χ1) is 11.7. The minimum absolute atomic E-state index is 0.0133. The Balaban J connectivity index is 2.01. The molecule has 126 valence electrons. The van der Waals surface area contributed by atoms with Gasteiger partial charge in [0, 0.05) is 26.7 Å². The molecule has 1 aliphatic heterocycles. The predicted molar refractivity (Wildman–Crippen MR) is 86.7 cm³/mol. The van der Waals surface area contributed by atoms with E-state index in [4.69, 9.17) is 15.3 Å². The largest absolute Gasteiger partial charge is 0.378 e. The standard InChI is InChI=1S/C17H20FN5O/c1-21-17(14(8-19)9-20)22-10-16-12-24-7-6-23(16)11-13-2-4-15(18)5-3-13/h2-5,16,21-22H,6-7,10-12H2,1H3. The van der Waals surface area contributed by atoms with E-state index in [-0.39, 0.29) is 17.4 Å². The second kappa shape index (κ2) is 8.88. The van der Waals surface area contributed by atoms with Crippen LogP contribution in [0.25, 0.3) is 0 Å². The average Bonchev–Trinajstić information content (AvgIpc) is 2.61. The van der Waals surface area contributed by atoms with Crippen molar-refractivity contribution in [1.82, 2.24) is 15.5 Å². The zero-order valence-corrected chi connectivity index (χ0v) is 13.6. The summed E-state index contributed by atoms with van der Waals surface area (Å²) in [5.41, 5.74) is 1.04. The van der Waals surface area contributed by atoms with Crippen molar-refractivity contribution in [1.29, 1.82) is 10.5 Å². The lowest BCUT2D eigenvalue weighted by Crippen LogP contribution is -2.50. The van der Waals surface area contributed by atoms with E-state index in [2.05, 4.69) is 15.5 Å². The van der Waals surface area contributed by atoms with Crippen LogP contribution in [0.2, 0.25) is 0 Å². The molecule has 1 saturated heterocycles. The number of hydrogen-bond donors (Lipinski definition) is 2. The van der Waals surface area contributed by atoms with Crippen molar-refractivity contribution in [2.24, 2.45) is 0 Å². The van der Waals surface area contributed by atoms with Gasteiger partial charge in [-0.25, -0.2) is 4.39 Å². The summed E-state index contributed by atoms with van der Waals surface area (Å²) in [5.74, 6) is 0.163. The fourth-order valence-electron chi connectivity index (χ4n) is 2.57. The van der Waals surface area contributed by atoms with Gasteiger partial charge in [0.25, 0.3) is 0 Å². The van der Waals surface area contributed by atoms with Crippen LogP contribution in [0.3, 0.4) is 0 Å². The molecule has 1 aromatic carbocycles.